The van der Waals surface area contributed by atoms with E-state index in [1.54, 1.807) is 24.3 Å². The van der Waals surface area contributed by atoms with Crippen molar-refractivity contribution in [3.63, 3.8) is 0 Å². The van der Waals surface area contributed by atoms with Gasteiger partial charge in [-0.2, -0.15) is 5.10 Å². The van der Waals surface area contributed by atoms with Crippen LogP contribution in [0.1, 0.15) is 21.5 Å². The molecule has 0 aliphatic rings. The summed E-state index contributed by atoms with van der Waals surface area (Å²) in [7, 11) is 0. The van der Waals surface area contributed by atoms with Crippen LogP contribution in [0.25, 0.3) is 0 Å². The summed E-state index contributed by atoms with van der Waals surface area (Å²) >= 11 is 5.89. The van der Waals surface area contributed by atoms with E-state index in [0.717, 1.165) is 11.1 Å². The standard InChI is InChI=1S/C21H18ClN3O2/c22-17-11-9-15(10-12-17)14-27-20-8-4-1-5-16(20)13-24-25-21(26)18-6-2-3-7-19(18)23/h1-13H,14,23H2,(H,25,26)/b24-13-. The summed E-state index contributed by atoms with van der Waals surface area (Å²) < 4.78 is 5.86. The zero-order valence-electron chi connectivity index (χ0n) is 14.4. The fourth-order valence-electron chi connectivity index (χ4n) is 2.38. The molecule has 0 aliphatic heterocycles. The number of halogens is 1. The van der Waals surface area contributed by atoms with Gasteiger partial charge in [0.05, 0.1) is 11.8 Å². The van der Waals surface area contributed by atoms with Crippen LogP contribution in [0.5, 0.6) is 5.75 Å². The van der Waals surface area contributed by atoms with Crippen molar-refractivity contribution in [2.24, 2.45) is 5.10 Å². The van der Waals surface area contributed by atoms with E-state index in [2.05, 4.69) is 10.5 Å². The molecule has 1 amide bonds. The highest BCUT2D eigenvalue weighted by Gasteiger charge is 2.07. The number of benzene rings is 3. The van der Waals surface area contributed by atoms with Gasteiger partial charge >= 0.3 is 0 Å². The van der Waals surface area contributed by atoms with Gasteiger partial charge in [0, 0.05) is 16.3 Å². The molecule has 0 heterocycles. The smallest absolute Gasteiger partial charge is 0.273 e. The van der Waals surface area contributed by atoms with Crippen molar-refractivity contribution in [1.29, 1.82) is 0 Å². The molecule has 5 nitrogen and oxygen atoms in total. The van der Waals surface area contributed by atoms with Crippen LogP contribution in [0.4, 0.5) is 5.69 Å². The van der Waals surface area contributed by atoms with Crippen molar-refractivity contribution in [3.8, 4) is 5.75 Å². The molecule has 3 aromatic carbocycles. The molecular formula is C21H18ClN3O2. The quantitative estimate of drug-likeness (QED) is 0.381. The Hall–Kier alpha value is -3.31. The molecule has 0 spiro atoms. The van der Waals surface area contributed by atoms with Crippen LogP contribution < -0.4 is 15.9 Å². The third-order valence-electron chi connectivity index (χ3n) is 3.80. The SMILES string of the molecule is Nc1ccccc1C(=O)N/N=C\c1ccccc1OCc1ccc(Cl)cc1. The van der Waals surface area contributed by atoms with Gasteiger partial charge in [-0.05, 0) is 42.0 Å². The maximum atomic E-state index is 12.1. The number of hydrogen-bond acceptors (Lipinski definition) is 4. The second-order valence-corrected chi connectivity index (χ2v) is 6.18. The van der Waals surface area contributed by atoms with Crippen molar-refractivity contribution in [3.05, 3.63) is 94.5 Å². The number of nitrogens with zero attached hydrogens (tertiary/aromatic N) is 1. The summed E-state index contributed by atoms with van der Waals surface area (Å²) in [6.45, 7) is 0.398. The molecule has 0 saturated heterocycles. The highest BCUT2D eigenvalue weighted by molar-refractivity contribution is 6.30. The average Bonchev–Trinajstić information content (AvgIpc) is 2.68. The first-order valence-corrected chi connectivity index (χ1v) is 8.65. The number of rotatable bonds is 6. The number of carbonyl (C=O) groups is 1. The maximum absolute atomic E-state index is 12.1. The van der Waals surface area contributed by atoms with Gasteiger partial charge in [0.25, 0.3) is 5.91 Å². The van der Waals surface area contributed by atoms with Crippen LogP contribution in [-0.2, 0) is 6.61 Å². The molecule has 0 radical (unpaired) electrons. The Labute approximate surface area is 162 Å². The lowest BCUT2D eigenvalue weighted by Crippen LogP contribution is -2.19. The fraction of sp³-hybridized carbons (Fsp3) is 0.0476. The zero-order valence-corrected chi connectivity index (χ0v) is 15.2. The van der Waals surface area contributed by atoms with Crippen LogP contribution in [0, 0.1) is 0 Å². The molecule has 0 fully saturated rings. The van der Waals surface area contributed by atoms with E-state index in [0.29, 0.717) is 28.6 Å². The monoisotopic (exact) mass is 379 g/mol. The Morgan fingerprint density at radius 2 is 1.74 bits per heavy atom. The number of nitrogens with one attached hydrogen (secondary N) is 1. The van der Waals surface area contributed by atoms with Crippen molar-refractivity contribution in [1.82, 2.24) is 5.43 Å². The Kier molecular flexibility index (Phi) is 6.07. The Morgan fingerprint density at radius 3 is 2.52 bits per heavy atom. The minimum atomic E-state index is -0.371. The van der Waals surface area contributed by atoms with Gasteiger partial charge in [0.1, 0.15) is 12.4 Å². The number of carbonyl (C=O) groups excluding carboxylic acids is 1. The van der Waals surface area contributed by atoms with Gasteiger partial charge in [-0.3, -0.25) is 4.79 Å². The number of nitrogens with two attached hydrogens (primary N) is 1. The van der Waals surface area contributed by atoms with Gasteiger partial charge in [-0.25, -0.2) is 5.43 Å². The van der Waals surface area contributed by atoms with Gasteiger partial charge in [0.2, 0.25) is 0 Å². The molecule has 0 aromatic heterocycles. The highest BCUT2D eigenvalue weighted by Crippen LogP contribution is 2.18. The van der Waals surface area contributed by atoms with Gasteiger partial charge < -0.3 is 10.5 Å². The number of ether oxygens (including phenoxy) is 1. The van der Waals surface area contributed by atoms with E-state index in [-0.39, 0.29) is 5.91 Å². The van der Waals surface area contributed by atoms with Gasteiger partial charge in [0.15, 0.2) is 0 Å². The fourth-order valence-corrected chi connectivity index (χ4v) is 2.51. The number of para-hydroxylation sites is 2. The number of nitrogen functional groups attached to an aromatic ring is 1. The maximum Gasteiger partial charge on any atom is 0.273 e. The summed E-state index contributed by atoms with van der Waals surface area (Å²) in [4.78, 5) is 12.1. The summed E-state index contributed by atoms with van der Waals surface area (Å²) in [6.07, 6.45) is 1.54. The molecular weight excluding hydrogens is 362 g/mol. The number of hydrogen-bond donors (Lipinski definition) is 2. The van der Waals surface area contributed by atoms with E-state index in [9.17, 15) is 4.79 Å². The predicted molar refractivity (Wildman–Crippen MR) is 108 cm³/mol. The van der Waals surface area contributed by atoms with Crippen LogP contribution in [0.15, 0.2) is 77.9 Å². The van der Waals surface area contributed by atoms with Crippen molar-refractivity contribution in [2.45, 2.75) is 6.61 Å². The summed E-state index contributed by atoms with van der Waals surface area (Å²) in [5.74, 6) is 0.286. The van der Waals surface area contributed by atoms with Crippen LogP contribution in [0.2, 0.25) is 5.02 Å². The molecule has 3 N–H and O–H groups in total. The number of amides is 1. The summed E-state index contributed by atoms with van der Waals surface area (Å²) in [6, 6.07) is 21.7. The van der Waals surface area contributed by atoms with Crippen LogP contribution in [-0.4, -0.2) is 12.1 Å². The molecule has 0 unspecified atom stereocenters. The van der Waals surface area contributed by atoms with Crippen LogP contribution >= 0.6 is 11.6 Å². The lowest BCUT2D eigenvalue weighted by Gasteiger charge is -2.09. The molecule has 136 valence electrons. The molecule has 27 heavy (non-hydrogen) atoms. The Morgan fingerprint density at radius 1 is 1.04 bits per heavy atom. The average molecular weight is 380 g/mol. The van der Waals surface area contributed by atoms with E-state index in [1.165, 1.54) is 6.21 Å². The van der Waals surface area contributed by atoms with E-state index in [4.69, 9.17) is 22.1 Å². The highest BCUT2D eigenvalue weighted by atomic mass is 35.5. The van der Waals surface area contributed by atoms with Crippen LogP contribution in [0.3, 0.4) is 0 Å². The largest absolute Gasteiger partial charge is 0.488 e. The second-order valence-electron chi connectivity index (χ2n) is 5.74. The normalized spacial score (nSPS) is 10.7. The van der Waals surface area contributed by atoms with Gasteiger partial charge in [-0.15, -0.1) is 0 Å². The van der Waals surface area contributed by atoms with E-state index >= 15 is 0 Å². The number of hydrazone groups is 1. The molecule has 0 atom stereocenters. The summed E-state index contributed by atoms with van der Waals surface area (Å²) in [5.41, 5.74) is 10.8. The minimum Gasteiger partial charge on any atom is -0.488 e. The van der Waals surface area contributed by atoms with Crippen molar-refractivity contribution < 1.29 is 9.53 Å². The van der Waals surface area contributed by atoms with E-state index < -0.39 is 0 Å². The number of anilines is 1. The molecule has 0 bridgehead atoms. The first-order valence-electron chi connectivity index (χ1n) is 8.27. The Balaban J connectivity index is 1.65. The van der Waals surface area contributed by atoms with Crippen molar-refractivity contribution in [2.75, 3.05) is 5.73 Å². The lowest BCUT2D eigenvalue weighted by molar-refractivity contribution is 0.0956. The third-order valence-corrected chi connectivity index (χ3v) is 4.05. The van der Waals surface area contributed by atoms with Crippen molar-refractivity contribution >= 4 is 29.4 Å². The van der Waals surface area contributed by atoms with E-state index in [1.807, 2.05) is 48.5 Å². The zero-order chi connectivity index (χ0) is 19.1. The molecule has 6 heteroatoms. The third kappa shape index (κ3) is 5.09. The topological polar surface area (TPSA) is 76.7 Å². The second kappa shape index (κ2) is 8.87. The lowest BCUT2D eigenvalue weighted by atomic mass is 10.2. The summed E-state index contributed by atoms with van der Waals surface area (Å²) in [5, 5.41) is 4.69. The van der Waals surface area contributed by atoms with Gasteiger partial charge in [-0.1, -0.05) is 48.0 Å². The first-order chi connectivity index (χ1) is 13.1. The molecule has 0 aliphatic carbocycles. The molecule has 3 rings (SSSR count). The first kappa shape index (κ1) is 18.5. The minimum absolute atomic E-state index is 0.371. The molecule has 3 aromatic rings. The Bertz CT molecular complexity index is 956. The molecule has 0 saturated carbocycles. The predicted octanol–water partition coefficient (Wildman–Crippen LogP) is 4.27.